The molecule has 0 bridgehead atoms. The van der Waals surface area contributed by atoms with Crippen LogP contribution in [0.3, 0.4) is 0 Å². The fourth-order valence-corrected chi connectivity index (χ4v) is 4.14. The molecule has 0 aliphatic rings. The lowest BCUT2D eigenvalue weighted by Gasteiger charge is -2.20. The minimum absolute atomic E-state index is 0.000517. The molecule has 0 heterocycles. The van der Waals surface area contributed by atoms with Crippen molar-refractivity contribution in [3.05, 3.63) is 35.9 Å². The lowest BCUT2D eigenvalue weighted by molar-refractivity contribution is -0.146. The Kier molecular flexibility index (Phi) is 8.39. The third-order valence-electron chi connectivity index (χ3n) is 3.00. The highest BCUT2D eigenvalue weighted by Crippen LogP contribution is 2.48. The number of carbonyl (C=O) groups excluding carboxylic acids is 1. The number of ether oxygens (including phenoxy) is 2. The summed E-state index contributed by atoms with van der Waals surface area (Å²) in [4.78, 5) is 11.7. The summed E-state index contributed by atoms with van der Waals surface area (Å²) in [6, 6.07) is 9.64. The molecule has 0 aliphatic carbocycles. The molecule has 22 heavy (non-hydrogen) atoms. The van der Waals surface area contributed by atoms with Crippen molar-refractivity contribution in [2.45, 2.75) is 27.4 Å². The first-order valence-corrected chi connectivity index (χ1v) is 9.51. The molecule has 1 aromatic carbocycles. The maximum Gasteiger partial charge on any atom is 0.309 e. The summed E-state index contributed by atoms with van der Waals surface area (Å²) in [5, 5.41) is 0. The van der Waals surface area contributed by atoms with Crippen molar-refractivity contribution in [3.8, 4) is 0 Å². The number of rotatable bonds is 10. The summed E-state index contributed by atoms with van der Waals surface area (Å²) in [6.45, 7) is 6.22. The Hall–Kier alpha value is -1.16. The van der Waals surface area contributed by atoms with Gasteiger partial charge in [0.2, 0.25) is 7.37 Å². The van der Waals surface area contributed by atoms with E-state index < -0.39 is 13.3 Å². The number of carbonyl (C=O) groups is 1. The van der Waals surface area contributed by atoms with Crippen LogP contribution in [-0.4, -0.2) is 31.7 Å². The van der Waals surface area contributed by atoms with Crippen LogP contribution >= 0.6 is 7.37 Å². The highest BCUT2D eigenvalue weighted by Gasteiger charge is 2.29. The number of hydrogen-bond donors (Lipinski definition) is 0. The summed E-state index contributed by atoms with van der Waals surface area (Å²) >= 11 is 0. The standard InChI is InChI=1S/C16H25O5P/c1-4-20-16(17)14(3)12-22(18,21-5-2)13-19-11-15-9-7-6-8-10-15/h6-10,14H,4-5,11-13H2,1-3H3. The van der Waals surface area contributed by atoms with E-state index in [0.717, 1.165) is 5.56 Å². The average molecular weight is 328 g/mol. The summed E-state index contributed by atoms with van der Waals surface area (Å²) in [5.41, 5.74) is 1.00. The quantitative estimate of drug-likeness (QED) is 0.484. The van der Waals surface area contributed by atoms with Gasteiger partial charge in [-0.15, -0.1) is 0 Å². The molecule has 1 rings (SSSR count). The van der Waals surface area contributed by atoms with Crippen molar-refractivity contribution in [1.82, 2.24) is 0 Å². The van der Waals surface area contributed by atoms with Crippen molar-refractivity contribution < 1.29 is 23.4 Å². The van der Waals surface area contributed by atoms with Gasteiger partial charge in [-0.05, 0) is 19.4 Å². The Bertz CT molecular complexity index is 489. The fourth-order valence-electron chi connectivity index (χ4n) is 2.03. The van der Waals surface area contributed by atoms with Crippen molar-refractivity contribution in [2.24, 2.45) is 5.92 Å². The highest BCUT2D eigenvalue weighted by molar-refractivity contribution is 7.58. The topological polar surface area (TPSA) is 61.8 Å². The molecular weight excluding hydrogens is 303 g/mol. The van der Waals surface area contributed by atoms with E-state index in [9.17, 15) is 9.36 Å². The second-order valence-electron chi connectivity index (χ2n) is 5.03. The van der Waals surface area contributed by atoms with Gasteiger partial charge in [0.25, 0.3) is 0 Å². The molecule has 0 aromatic heterocycles. The van der Waals surface area contributed by atoms with E-state index in [0.29, 0.717) is 19.8 Å². The lowest BCUT2D eigenvalue weighted by atomic mass is 10.2. The first kappa shape index (κ1) is 18.9. The first-order chi connectivity index (χ1) is 10.5. The van der Waals surface area contributed by atoms with Gasteiger partial charge in [0.15, 0.2) is 0 Å². The van der Waals surface area contributed by atoms with Crippen LogP contribution in [0.25, 0.3) is 0 Å². The van der Waals surface area contributed by atoms with E-state index in [1.807, 2.05) is 30.3 Å². The van der Waals surface area contributed by atoms with E-state index in [1.165, 1.54) is 0 Å². The van der Waals surface area contributed by atoms with E-state index in [4.69, 9.17) is 14.0 Å². The molecule has 2 atom stereocenters. The summed E-state index contributed by atoms with van der Waals surface area (Å²) < 4.78 is 28.6. The van der Waals surface area contributed by atoms with Crippen LogP contribution in [0.4, 0.5) is 0 Å². The Balaban J connectivity index is 2.54. The van der Waals surface area contributed by atoms with Gasteiger partial charge in [0.05, 0.1) is 25.7 Å². The summed E-state index contributed by atoms with van der Waals surface area (Å²) in [6.07, 6.45) is 0.133. The van der Waals surface area contributed by atoms with Gasteiger partial charge in [-0.3, -0.25) is 9.36 Å². The Morgan fingerprint density at radius 2 is 1.86 bits per heavy atom. The van der Waals surface area contributed by atoms with Crippen LogP contribution in [-0.2, 0) is 30.0 Å². The molecule has 5 nitrogen and oxygen atoms in total. The van der Waals surface area contributed by atoms with Gasteiger partial charge in [0, 0.05) is 6.16 Å². The van der Waals surface area contributed by atoms with Crippen molar-refractivity contribution in [2.75, 3.05) is 25.7 Å². The van der Waals surface area contributed by atoms with Gasteiger partial charge < -0.3 is 14.0 Å². The molecular formula is C16H25O5P. The second kappa shape index (κ2) is 9.78. The number of benzene rings is 1. The van der Waals surface area contributed by atoms with Crippen LogP contribution in [0.2, 0.25) is 0 Å². The zero-order valence-corrected chi connectivity index (χ0v) is 14.4. The zero-order chi connectivity index (χ0) is 16.4. The van der Waals surface area contributed by atoms with Crippen molar-refractivity contribution >= 4 is 13.3 Å². The third kappa shape index (κ3) is 6.73. The predicted molar refractivity (Wildman–Crippen MR) is 86.0 cm³/mol. The van der Waals surface area contributed by atoms with E-state index >= 15 is 0 Å². The van der Waals surface area contributed by atoms with Gasteiger partial charge in [0.1, 0.15) is 6.35 Å². The highest BCUT2D eigenvalue weighted by atomic mass is 31.2. The molecule has 0 spiro atoms. The summed E-state index contributed by atoms with van der Waals surface area (Å²) in [7, 11) is -3.01. The minimum atomic E-state index is -3.01. The Morgan fingerprint density at radius 1 is 1.18 bits per heavy atom. The van der Waals surface area contributed by atoms with Gasteiger partial charge >= 0.3 is 5.97 Å². The number of hydrogen-bond acceptors (Lipinski definition) is 5. The smallest absolute Gasteiger partial charge is 0.309 e. The zero-order valence-electron chi connectivity index (χ0n) is 13.5. The summed E-state index contributed by atoms with van der Waals surface area (Å²) in [5.74, 6) is -0.830. The van der Waals surface area contributed by atoms with Crippen molar-refractivity contribution in [3.63, 3.8) is 0 Å². The second-order valence-corrected chi connectivity index (χ2v) is 7.54. The van der Waals surface area contributed by atoms with Crippen LogP contribution < -0.4 is 0 Å². The van der Waals surface area contributed by atoms with Crippen LogP contribution in [0.1, 0.15) is 26.3 Å². The van der Waals surface area contributed by atoms with E-state index in [2.05, 4.69) is 0 Å². The molecule has 1 aromatic rings. The van der Waals surface area contributed by atoms with Gasteiger partial charge in [-0.2, -0.15) is 0 Å². The molecule has 2 unspecified atom stereocenters. The predicted octanol–water partition coefficient (Wildman–Crippen LogP) is 3.67. The van der Waals surface area contributed by atoms with Gasteiger partial charge in [-0.25, -0.2) is 0 Å². The Morgan fingerprint density at radius 3 is 2.45 bits per heavy atom. The largest absolute Gasteiger partial charge is 0.466 e. The molecule has 0 radical (unpaired) electrons. The molecule has 6 heteroatoms. The maximum atomic E-state index is 12.8. The number of esters is 1. The molecule has 124 valence electrons. The minimum Gasteiger partial charge on any atom is -0.466 e. The first-order valence-electron chi connectivity index (χ1n) is 7.51. The molecule has 0 aliphatic heterocycles. The normalized spacial score (nSPS) is 15.0. The molecule has 0 fully saturated rings. The van der Waals surface area contributed by atoms with Gasteiger partial charge in [-0.1, -0.05) is 37.3 Å². The average Bonchev–Trinajstić information content (AvgIpc) is 2.48. The van der Waals surface area contributed by atoms with Crippen molar-refractivity contribution in [1.29, 1.82) is 0 Å². The molecule has 0 saturated heterocycles. The lowest BCUT2D eigenvalue weighted by Crippen LogP contribution is -2.20. The molecule has 0 N–H and O–H groups in total. The third-order valence-corrected chi connectivity index (χ3v) is 5.41. The maximum absolute atomic E-state index is 12.8. The SMILES string of the molecule is CCOC(=O)C(C)CP(=O)(COCc1ccccc1)OCC. The Labute approximate surface area is 132 Å². The van der Waals surface area contributed by atoms with Crippen LogP contribution in [0, 0.1) is 5.92 Å². The van der Waals surface area contributed by atoms with E-state index in [-0.39, 0.29) is 18.5 Å². The van der Waals surface area contributed by atoms with E-state index in [1.54, 1.807) is 20.8 Å². The monoisotopic (exact) mass is 328 g/mol. The fraction of sp³-hybridized carbons (Fsp3) is 0.562. The molecule has 0 amide bonds. The van der Waals surface area contributed by atoms with Crippen LogP contribution in [0.15, 0.2) is 30.3 Å². The molecule has 0 saturated carbocycles. The van der Waals surface area contributed by atoms with Crippen LogP contribution in [0.5, 0.6) is 0 Å².